The Morgan fingerprint density at radius 1 is 1.05 bits per heavy atom. The van der Waals surface area contributed by atoms with Crippen molar-refractivity contribution in [3.8, 4) is 0 Å². The fourth-order valence-corrected chi connectivity index (χ4v) is 3.05. The predicted octanol–water partition coefficient (Wildman–Crippen LogP) is 5.33. The average molecular weight is 319 g/mol. The zero-order valence-corrected chi connectivity index (χ0v) is 13.2. The van der Waals surface area contributed by atoms with Gasteiger partial charge in [-0.1, -0.05) is 59.6 Å². The van der Waals surface area contributed by atoms with Crippen LogP contribution in [-0.2, 0) is 6.54 Å². The summed E-state index contributed by atoms with van der Waals surface area (Å²) in [6, 6.07) is 16.1. The van der Waals surface area contributed by atoms with E-state index in [1.54, 1.807) is 0 Å². The fraction of sp³-hybridized carbons (Fsp3) is 0.176. The number of aromatic nitrogens is 1. The molecule has 0 amide bonds. The summed E-state index contributed by atoms with van der Waals surface area (Å²) in [5.41, 5.74) is 3.15. The molecule has 1 atom stereocenters. The van der Waals surface area contributed by atoms with Gasteiger partial charge in [0, 0.05) is 34.2 Å². The van der Waals surface area contributed by atoms with E-state index in [-0.39, 0.29) is 6.04 Å². The van der Waals surface area contributed by atoms with Gasteiger partial charge in [-0.05, 0) is 24.6 Å². The van der Waals surface area contributed by atoms with Crippen molar-refractivity contribution in [3.05, 3.63) is 69.8 Å². The van der Waals surface area contributed by atoms with E-state index < -0.39 is 0 Å². The summed E-state index contributed by atoms with van der Waals surface area (Å²) in [6.07, 6.45) is 0. The number of aromatic amines is 1. The zero-order valence-electron chi connectivity index (χ0n) is 11.7. The van der Waals surface area contributed by atoms with Crippen LogP contribution in [0.25, 0.3) is 10.9 Å². The van der Waals surface area contributed by atoms with Crippen molar-refractivity contribution < 1.29 is 0 Å². The normalized spacial score (nSPS) is 12.7. The van der Waals surface area contributed by atoms with Crippen LogP contribution in [0.3, 0.4) is 0 Å². The minimum absolute atomic E-state index is 0.154. The van der Waals surface area contributed by atoms with E-state index >= 15 is 0 Å². The molecular formula is C17H16Cl2N2. The number of halogens is 2. The van der Waals surface area contributed by atoms with Gasteiger partial charge < -0.3 is 10.3 Å². The summed E-state index contributed by atoms with van der Waals surface area (Å²) in [5.74, 6) is 0. The molecule has 21 heavy (non-hydrogen) atoms. The van der Waals surface area contributed by atoms with E-state index in [1.165, 1.54) is 0 Å². The van der Waals surface area contributed by atoms with Crippen molar-refractivity contribution >= 4 is 34.1 Å². The van der Waals surface area contributed by atoms with E-state index in [0.717, 1.165) is 32.2 Å². The molecule has 0 radical (unpaired) electrons. The van der Waals surface area contributed by atoms with Crippen LogP contribution in [0.1, 0.15) is 24.2 Å². The van der Waals surface area contributed by atoms with Crippen molar-refractivity contribution in [2.75, 3.05) is 0 Å². The van der Waals surface area contributed by atoms with Crippen LogP contribution in [0.15, 0.2) is 48.5 Å². The maximum atomic E-state index is 6.42. The molecule has 1 aromatic heterocycles. The lowest BCUT2D eigenvalue weighted by Crippen LogP contribution is -2.18. The standard InChI is InChI=1S/C17H16Cl2N2/c1-11(12-6-2-4-8-14(12)18)20-10-16-17(19)13-7-3-5-9-15(13)21-16/h2-9,11,20-21H,10H2,1H3/t11-/m1/s1. The zero-order chi connectivity index (χ0) is 14.8. The van der Waals surface area contributed by atoms with Crippen molar-refractivity contribution in [1.29, 1.82) is 0 Å². The Hall–Kier alpha value is -1.48. The molecule has 0 saturated carbocycles. The SMILES string of the molecule is C[C@@H](NCc1[nH]c2ccccc2c1Cl)c1ccccc1Cl. The highest BCUT2D eigenvalue weighted by atomic mass is 35.5. The van der Waals surface area contributed by atoms with Gasteiger partial charge in [-0.25, -0.2) is 0 Å². The lowest BCUT2D eigenvalue weighted by molar-refractivity contribution is 0.570. The largest absolute Gasteiger partial charge is 0.356 e. The highest BCUT2D eigenvalue weighted by Gasteiger charge is 2.12. The van der Waals surface area contributed by atoms with Gasteiger partial charge in [0.15, 0.2) is 0 Å². The van der Waals surface area contributed by atoms with Crippen LogP contribution in [0.5, 0.6) is 0 Å². The number of fused-ring (bicyclic) bond motifs is 1. The minimum atomic E-state index is 0.154. The second-order valence-corrected chi connectivity index (χ2v) is 5.87. The molecule has 3 aromatic rings. The first kappa shape index (κ1) is 14.5. The first-order chi connectivity index (χ1) is 10.2. The van der Waals surface area contributed by atoms with Crippen molar-refractivity contribution in [2.45, 2.75) is 19.5 Å². The van der Waals surface area contributed by atoms with Crippen LogP contribution in [0.2, 0.25) is 10.0 Å². The van der Waals surface area contributed by atoms with Crippen LogP contribution >= 0.6 is 23.2 Å². The molecule has 0 spiro atoms. The van der Waals surface area contributed by atoms with E-state index in [1.807, 2.05) is 48.5 Å². The number of rotatable bonds is 4. The average Bonchev–Trinajstić information content (AvgIpc) is 2.82. The Morgan fingerprint density at radius 3 is 2.52 bits per heavy atom. The second-order valence-electron chi connectivity index (χ2n) is 5.09. The van der Waals surface area contributed by atoms with Gasteiger partial charge >= 0.3 is 0 Å². The summed E-state index contributed by atoms with van der Waals surface area (Å²) in [5, 5.41) is 6.07. The van der Waals surface area contributed by atoms with Crippen LogP contribution in [-0.4, -0.2) is 4.98 Å². The van der Waals surface area contributed by atoms with Gasteiger partial charge in [-0.15, -0.1) is 0 Å². The van der Waals surface area contributed by atoms with Crippen molar-refractivity contribution in [1.82, 2.24) is 10.3 Å². The Kier molecular flexibility index (Phi) is 4.20. The van der Waals surface area contributed by atoms with E-state index in [4.69, 9.17) is 23.2 Å². The highest BCUT2D eigenvalue weighted by Crippen LogP contribution is 2.28. The summed E-state index contributed by atoms with van der Waals surface area (Å²) in [4.78, 5) is 3.36. The smallest absolute Gasteiger partial charge is 0.0705 e. The van der Waals surface area contributed by atoms with Gasteiger partial charge in [0.1, 0.15) is 0 Å². The summed E-state index contributed by atoms with van der Waals surface area (Å²) >= 11 is 12.6. The van der Waals surface area contributed by atoms with Gasteiger partial charge in [-0.2, -0.15) is 0 Å². The first-order valence-electron chi connectivity index (χ1n) is 6.89. The molecule has 4 heteroatoms. The van der Waals surface area contributed by atoms with Crippen molar-refractivity contribution in [3.63, 3.8) is 0 Å². The third-order valence-electron chi connectivity index (χ3n) is 3.67. The van der Waals surface area contributed by atoms with E-state index in [2.05, 4.69) is 17.2 Å². The van der Waals surface area contributed by atoms with Gasteiger partial charge in [0.2, 0.25) is 0 Å². The molecule has 3 rings (SSSR count). The number of nitrogens with one attached hydrogen (secondary N) is 2. The van der Waals surface area contributed by atoms with Crippen LogP contribution < -0.4 is 5.32 Å². The number of hydrogen-bond acceptors (Lipinski definition) is 1. The molecule has 0 aliphatic heterocycles. The number of H-pyrrole nitrogens is 1. The Balaban J connectivity index is 1.77. The number of para-hydroxylation sites is 1. The topological polar surface area (TPSA) is 27.8 Å². The molecule has 2 N–H and O–H groups in total. The summed E-state index contributed by atoms with van der Waals surface area (Å²) < 4.78 is 0. The molecule has 1 heterocycles. The third-order valence-corrected chi connectivity index (χ3v) is 4.45. The molecule has 0 aliphatic carbocycles. The number of benzene rings is 2. The third kappa shape index (κ3) is 2.93. The predicted molar refractivity (Wildman–Crippen MR) is 90.0 cm³/mol. The molecule has 2 aromatic carbocycles. The maximum Gasteiger partial charge on any atom is 0.0705 e. The first-order valence-corrected chi connectivity index (χ1v) is 7.65. The van der Waals surface area contributed by atoms with Crippen LogP contribution in [0.4, 0.5) is 0 Å². The molecule has 108 valence electrons. The lowest BCUT2D eigenvalue weighted by Gasteiger charge is -2.15. The molecule has 2 nitrogen and oxygen atoms in total. The Labute approximate surface area is 134 Å². The summed E-state index contributed by atoms with van der Waals surface area (Å²) in [7, 11) is 0. The Morgan fingerprint density at radius 2 is 1.76 bits per heavy atom. The number of hydrogen-bond donors (Lipinski definition) is 2. The Bertz CT molecular complexity index is 764. The quantitative estimate of drug-likeness (QED) is 0.669. The van der Waals surface area contributed by atoms with Gasteiger partial charge in [0.25, 0.3) is 0 Å². The van der Waals surface area contributed by atoms with Gasteiger partial charge in [-0.3, -0.25) is 0 Å². The minimum Gasteiger partial charge on any atom is -0.356 e. The van der Waals surface area contributed by atoms with Crippen LogP contribution in [0, 0.1) is 0 Å². The lowest BCUT2D eigenvalue weighted by atomic mass is 10.1. The maximum absolute atomic E-state index is 6.42. The van der Waals surface area contributed by atoms with E-state index in [0.29, 0.717) is 6.54 Å². The monoisotopic (exact) mass is 318 g/mol. The van der Waals surface area contributed by atoms with Gasteiger partial charge in [0.05, 0.1) is 5.02 Å². The molecule has 0 aliphatic rings. The molecule has 0 fully saturated rings. The van der Waals surface area contributed by atoms with Crippen molar-refractivity contribution in [2.24, 2.45) is 0 Å². The molecule has 0 saturated heterocycles. The highest BCUT2D eigenvalue weighted by molar-refractivity contribution is 6.36. The second kappa shape index (κ2) is 6.10. The fourth-order valence-electron chi connectivity index (χ4n) is 2.48. The summed E-state index contributed by atoms with van der Waals surface area (Å²) in [6.45, 7) is 2.76. The molecular weight excluding hydrogens is 303 g/mol. The van der Waals surface area contributed by atoms with E-state index in [9.17, 15) is 0 Å². The molecule has 0 bridgehead atoms. The molecule has 0 unspecified atom stereocenters.